The minimum atomic E-state index is -2.13. The van der Waals surface area contributed by atoms with E-state index in [1.54, 1.807) is 24.3 Å². The summed E-state index contributed by atoms with van der Waals surface area (Å²) in [4.78, 5) is 0. The van der Waals surface area contributed by atoms with Crippen LogP contribution in [-0.2, 0) is 35.2 Å². The first-order valence-corrected chi connectivity index (χ1v) is 36.2. The van der Waals surface area contributed by atoms with E-state index in [-0.39, 0.29) is 0 Å². The predicted molar refractivity (Wildman–Crippen MR) is 430 cm³/mol. The highest BCUT2D eigenvalue weighted by molar-refractivity contribution is 5.66. The third-order valence-electron chi connectivity index (χ3n) is 19.4. The fraction of sp³-hybridized carbons (Fsp3) is 0.421. The molecule has 0 aliphatic carbocycles. The van der Waals surface area contributed by atoms with Crippen molar-refractivity contribution in [3.63, 3.8) is 0 Å². The van der Waals surface area contributed by atoms with Crippen LogP contribution in [0.2, 0.25) is 0 Å². The number of benzene rings is 5. The minimum absolute atomic E-state index is 0.325. The molecule has 0 amide bonds. The third-order valence-corrected chi connectivity index (χ3v) is 19.4. The average molecular weight is 1350 g/mol. The van der Waals surface area contributed by atoms with Crippen LogP contribution >= 0.6 is 0 Å². The van der Waals surface area contributed by atoms with Crippen LogP contribution in [0.3, 0.4) is 0 Å². The van der Waals surface area contributed by atoms with Crippen LogP contribution in [0.4, 0.5) is 0 Å². The molecule has 0 fully saturated rings. The molecule has 0 saturated carbocycles. The Labute approximate surface area is 621 Å². The van der Waals surface area contributed by atoms with Gasteiger partial charge in [-0.1, -0.05) is 200 Å². The quantitative estimate of drug-likeness (QED) is 0.103. The van der Waals surface area contributed by atoms with Crippen LogP contribution in [0.5, 0.6) is 0 Å². The van der Waals surface area contributed by atoms with Crippen molar-refractivity contribution >= 4 is 0 Å². The summed E-state index contributed by atoms with van der Waals surface area (Å²) in [6.07, 6.45) is 10.8. The SMILES string of the molecule is Cc1ccc(-c2cc(C(C)C)c(C(C)C)c[n+]2C)c(C)c1.Cc1ccc(-c2cc(C)c(C(C)C)c[n+]2C)c(C)c1.Cc1ccccc1-c1cc(C(C)C)c(C(C)C)c[n+]1C.[2H]C([2H])([2H])c1ccc(-c2cc(C([2H])(C)C)c(C([2H])(C)C)c[n+]2C)c(C)c1.[2H]C([2H])([2H])c1ccc(-c2cc(C)c(C([2H])(C)C)c[n+]2C)c(C)c1. The lowest BCUT2D eigenvalue weighted by Crippen LogP contribution is -2.32. The largest absolute Gasteiger partial charge is 0.212 e. The molecule has 0 bridgehead atoms. The van der Waals surface area contributed by atoms with E-state index in [9.17, 15) is 0 Å². The molecule has 0 saturated heterocycles. The number of pyridine rings is 5. The lowest BCUT2D eigenvalue weighted by Gasteiger charge is -2.16. The number of hydrogen-bond donors (Lipinski definition) is 0. The van der Waals surface area contributed by atoms with Gasteiger partial charge in [0.2, 0.25) is 28.5 Å². The van der Waals surface area contributed by atoms with E-state index in [1.165, 1.54) is 95.0 Å². The van der Waals surface area contributed by atoms with E-state index in [0.29, 0.717) is 40.7 Å². The van der Waals surface area contributed by atoms with Crippen molar-refractivity contribution < 1.29 is 35.2 Å². The molecule has 10 aromatic rings. The number of aryl methyl sites for hydroxylation is 16. The molecule has 5 aromatic carbocycles. The Morgan fingerprint density at radius 1 is 0.240 bits per heavy atom. The van der Waals surface area contributed by atoms with Gasteiger partial charge < -0.3 is 0 Å². The van der Waals surface area contributed by atoms with Gasteiger partial charge in [0.05, 0.1) is 0 Å². The van der Waals surface area contributed by atoms with Gasteiger partial charge in [-0.3, -0.25) is 0 Å². The maximum atomic E-state index is 8.53. The molecule has 0 unspecified atom stereocenters. The van der Waals surface area contributed by atoms with Crippen molar-refractivity contribution in [1.29, 1.82) is 0 Å². The van der Waals surface area contributed by atoms with Gasteiger partial charge in [0, 0.05) is 98.3 Å². The van der Waals surface area contributed by atoms with Gasteiger partial charge in [-0.15, -0.1) is 0 Å². The van der Waals surface area contributed by atoms with Crippen LogP contribution in [0.25, 0.3) is 56.3 Å². The van der Waals surface area contributed by atoms with Crippen molar-refractivity contribution in [2.45, 2.75) is 234 Å². The molecule has 5 nitrogen and oxygen atoms in total. The molecule has 0 aliphatic heterocycles. The summed E-state index contributed by atoms with van der Waals surface area (Å²) < 4.78 is 81.3. The fourth-order valence-corrected chi connectivity index (χ4v) is 13.7. The molecule has 10 rings (SSSR count). The van der Waals surface area contributed by atoms with E-state index in [0.717, 1.165) is 55.9 Å². The smallest absolute Gasteiger partial charge is 0.201 e. The summed E-state index contributed by atoms with van der Waals surface area (Å²) in [6.45, 7) is 48.5. The average Bonchev–Trinajstić information content (AvgIpc) is 0.772. The number of aromatic nitrogens is 5. The van der Waals surface area contributed by atoms with E-state index in [2.05, 4.69) is 249 Å². The van der Waals surface area contributed by atoms with Gasteiger partial charge in [-0.2, -0.15) is 0 Å². The summed E-state index contributed by atoms with van der Waals surface area (Å²) in [7, 11) is 10.3. The van der Waals surface area contributed by atoms with Crippen molar-refractivity contribution in [2.24, 2.45) is 35.2 Å². The fourth-order valence-electron chi connectivity index (χ4n) is 13.7. The maximum absolute atomic E-state index is 8.53. The first-order valence-electron chi connectivity index (χ1n) is 40.7. The minimum Gasteiger partial charge on any atom is -0.201 e. The Bertz CT molecular complexity index is 4850. The summed E-state index contributed by atoms with van der Waals surface area (Å²) in [5.41, 5.74) is 33.3. The second-order valence-corrected chi connectivity index (χ2v) is 30.5. The number of hydrogen-bond acceptors (Lipinski definition) is 0. The van der Waals surface area contributed by atoms with E-state index < -0.39 is 31.4 Å². The van der Waals surface area contributed by atoms with Crippen molar-refractivity contribution in [2.75, 3.05) is 0 Å². The summed E-state index contributed by atoms with van der Waals surface area (Å²) in [5, 5.41) is 0. The molecule has 0 N–H and O–H groups in total. The van der Waals surface area contributed by atoms with Gasteiger partial charge >= 0.3 is 0 Å². The van der Waals surface area contributed by atoms with Gasteiger partial charge in [-0.25, -0.2) is 22.8 Å². The van der Waals surface area contributed by atoms with Crippen molar-refractivity contribution in [1.82, 2.24) is 0 Å². The monoisotopic (exact) mass is 1350 g/mol. The number of nitrogens with zero attached hydrogens (tertiary/aromatic N) is 5. The summed E-state index contributed by atoms with van der Waals surface area (Å²) >= 11 is 0. The first-order chi connectivity index (χ1) is 50.1. The molecule has 0 atom stereocenters. The van der Waals surface area contributed by atoms with Crippen LogP contribution in [0, 0.1) is 76.0 Å². The Balaban J connectivity index is 0.000000214. The Hall–Kier alpha value is -8.15. The lowest BCUT2D eigenvalue weighted by molar-refractivity contribution is -0.661. The van der Waals surface area contributed by atoms with E-state index in [4.69, 9.17) is 12.3 Å². The van der Waals surface area contributed by atoms with Crippen molar-refractivity contribution in [3.05, 3.63) is 264 Å². The van der Waals surface area contributed by atoms with E-state index >= 15 is 0 Å². The van der Waals surface area contributed by atoms with Crippen LogP contribution in [0.15, 0.2) is 158 Å². The van der Waals surface area contributed by atoms with Gasteiger partial charge in [0.15, 0.2) is 31.0 Å². The molecular weight excluding hydrogens is 1210 g/mol. The zero-order valence-electron chi connectivity index (χ0n) is 76.1. The molecule has 5 aromatic heterocycles. The molecule has 0 radical (unpaired) electrons. The Morgan fingerprint density at radius 3 is 0.810 bits per heavy atom. The topological polar surface area (TPSA) is 19.4 Å². The number of rotatable bonds is 13. The zero-order chi connectivity index (χ0) is 82.4. The predicted octanol–water partition coefficient (Wildman–Crippen LogP) is 23.3. The molecule has 100 heavy (non-hydrogen) atoms. The van der Waals surface area contributed by atoms with Gasteiger partial charge in [0.1, 0.15) is 35.2 Å². The second kappa shape index (κ2) is 35.4. The summed E-state index contributed by atoms with van der Waals surface area (Å²) in [6, 6.07) is 43.6. The van der Waals surface area contributed by atoms with Crippen LogP contribution < -0.4 is 22.8 Å². The third kappa shape index (κ3) is 20.3. The molecule has 0 spiro atoms. The molecule has 5 heterocycles. The van der Waals surface area contributed by atoms with Gasteiger partial charge in [0.25, 0.3) is 0 Å². The highest BCUT2D eigenvalue weighted by Crippen LogP contribution is 2.35. The lowest BCUT2D eigenvalue weighted by atomic mass is 9.90. The maximum Gasteiger partial charge on any atom is 0.212 e. The Morgan fingerprint density at radius 2 is 0.500 bits per heavy atom. The molecular formula is C95H130N5+5. The zero-order valence-corrected chi connectivity index (χ0v) is 67.1. The molecule has 530 valence electrons. The van der Waals surface area contributed by atoms with Gasteiger partial charge in [-0.05, 0) is 209 Å². The highest BCUT2D eigenvalue weighted by Gasteiger charge is 2.25. The first kappa shape index (κ1) is 67.7. The highest BCUT2D eigenvalue weighted by atomic mass is 14.9. The van der Waals surface area contributed by atoms with Crippen molar-refractivity contribution in [3.8, 4) is 56.3 Å². The molecule has 0 aliphatic rings. The summed E-state index contributed by atoms with van der Waals surface area (Å²) in [5.74, 6) is 0.475. The van der Waals surface area contributed by atoms with Crippen LogP contribution in [0.1, 0.15) is 276 Å². The second-order valence-electron chi connectivity index (χ2n) is 30.5. The van der Waals surface area contributed by atoms with E-state index in [1.807, 2.05) is 116 Å². The standard InChI is InChI=1S/2C20H28N.C19H26N.2C18H24N/c2*1-13(2)18-11-20(21(7)12-19(18)14(3)4)17-9-8-15(5)10-16(17)6;1-13(2)17-11-19(16-10-8-7-9-15(16)5)20(6)12-18(17)14(3)4;2*1-12(2)17-11-19(6)18(10-15(17)5)16-8-7-13(3)9-14(16)4/h2*8-14H,1-7H3;7-14H,1-6H3;2*7-12H,1-6H3/q5*+1/i5D3,13D,14D;;;3D3,12D;. The normalized spacial score (nSPS) is 13.2. The Kier molecular flexibility index (Phi) is 24.0. The molecule has 5 heteroatoms. The van der Waals surface area contributed by atoms with Crippen LogP contribution in [-0.4, -0.2) is 0 Å².